The highest BCUT2D eigenvalue weighted by atomic mass is 32.2. The maximum absolute atomic E-state index is 13.3. The number of amides is 1. The molecule has 110 valence electrons. The minimum atomic E-state index is -0.703. The predicted octanol–water partition coefficient (Wildman–Crippen LogP) is 3.36. The number of hydrogen-bond donors (Lipinski definition) is 1. The highest BCUT2D eigenvalue weighted by Gasteiger charge is 2.30. The van der Waals surface area contributed by atoms with Crippen LogP contribution >= 0.6 is 11.8 Å². The van der Waals surface area contributed by atoms with Gasteiger partial charge in [-0.25, -0.2) is 4.39 Å². The second-order valence-corrected chi connectivity index (χ2v) is 7.13. The second kappa shape index (κ2) is 6.61. The van der Waals surface area contributed by atoms with Gasteiger partial charge in [-0.05, 0) is 61.8 Å². The number of rotatable bonds is 4. The fourth-order valence-electron chi connectivity index (χ4n) is 2.42. The molecule has 1 aliphatic heterocycles. The van der Waals surface area contributed by atoms with E-state index in [0.717, 1.165) is 6.54 Å². The Morgan fingerprint density at radius 3 is 2.75 bits per heavy atom. The van der Waals surface area contributed by atoms with E-state index in [2.05, 4.69) is 5.32 Å². The lowest BCUT2D eigenvalue weighted by atomic mass is 9.83. The Labute approximate surface area is 124 Å². The SMILES string of the molecule is CC(C)(C(=O)NCC1CCSCC1)c1cccc(F)c1. The van der Waals surface area contributed by atoms with E-state index in [1.54, 1.807) is 12.1 Å². The molecule has 1 saturated heterocycles. The zero-order valence-electron chi connectivity index (χ0n) is 12.1. The summed E-state index contributed by atoms with van der Waals surface area (Å²) in [6.07, 6.45) is 2.34. The summed E-state index contributed by atoms with van der Waals surface area (Å²) < 4.78 is 13.3. The van der Waals surface area contributed by atoms with Gasteiger partial charge in [0.05, 0.1) is 5.41 Å². The fraction of sp³-hybridized carbons (Fsp3) is 0.562. The molecule has 2 nitrogen and oxygen atoms in total. The van der Waals surface area contributed by atoms with Gasteiger partial charge < -0.3 is 5.32 Å². The van der Waals surface area contributed by atoms with Crippen LogP contribution in [0.3, 0.4) is 0 Å². The van der Waals surface area contributed by atoms with Crippen LogP contribution in [0, 0.1) is 11.7 Å². The van der Waals surface area contributed by atoms with Crippen LogP contribution in [0.15, 0.2) is 24.3 Å². The first-order valence-corrected chi connectivity index (χ1v) is 8.27. The summed E-state index contributed by atoms with van der Waals surface area (Å²) in [5, 5.41) is 3.04. The molecule has 2 rings (SSSR count). The number of benzene rings is 1. The van der Waals surface area contributed by atoms with Gasteiger partial charge in [0, 0.05) is 6.54 Å². The third kappa shape index (κ3) is 3.75. The molecule has 0 aromatic heterocycles. The van der Waals surface area contributed by atoms with Crippen LogP contribution in [-0.4, -0.2) is 24.0 Å². The van der Waals surface area contributed by atoms with Crippen LogP contribution in [0.1, 0.15) is 32.3 Å². The van der Waals surface area contributed by atoms with Crippen molar-refractivity contribution in [2.24, 2.45) is 5.92 Å². The van der Waals surface area contributed by atoms with Crippen molar-refractivity contribution in [2.75, 3.05) is 18.1 Å². The van der Waals surface area contributed by atoms with E-state index in [0.29, 0.717) is 11.5 Å². The molecule has 20 heavy (non-hydrogen) atoms. The van der Waals surface area contributed by atoms with Crippen LogP contribution in [-0.2, 0) is 10.2 Å². The van der Waals surface area contributed by atoms with E-state index in [1.807, 2.05) is 25.6 Å². The van der Waals surface area contributed by atoms with E-state index in [1.165, 1.54) is 36.5 Å². The third-order valence-electron chi connectivity index (χ3n) is 4.01. The summed E-state index contributed by atoms with van der Waals surface area (Å²) >= 11 is 1.98. The standard InChI is InChI=1S/C16H22FNOS/c1-16(2,13-4-3-5-14(17)10-13)15(19)18-11-12-6-8-20-9-7-12/h3-5,10,12H,6-9,11H2,1-2H3,(H,18,19). The minimum absolute atomic E-state index is 0.0265. The van der Waals surface area contributed by atoms with Gasteiger partial charge in [-0.3, -0.25) is 4.79 Å². The Morgan fingerprint density at radius 2 is 2.10 bits per heavy atom. The Kier molecular flexibility index (Phi) is 5.08. The molecule has 1 amide bonds. The van der Waals surface area contributed by atoms with Gasteiger partial charge in [-0.1, -0.05) is 12.1 Å². The summed E-state index contributed by atoms with van der Waals surface area (Å²) in [5.41, 5.74) is 0.0140. The zero-order chi connectivity index (χ0) is 14.6. The minimum Gasteiger partial charge on any atom is -0.355 e. The summed E-state index contributed by atoms with van der Waals surface area (Å²) in [7, 11) is 0. The van der Waals surface area contributed by atoms with Crippen molar-refractivity contribution in [3.05, 3.63) is 35.6 Å². The maximum atomic E-state index is 13.3. The lowest BCUT2D eigenvalue weighted by molar-refractivity contribution is -0.125. The van der Waals surface area contributed by atoms with Gasteiger partial charge >= 0.3 is 0 Å². The number of hydrogen-bond acceptors (Lipinski definition) is 2. The molecule has 1 aliphatic rings. The number of nitrogens with one attached hydrogen (secondary N) is 1. The molecule has 0 aliphatic carbocycles. The Balaban J connectivity index is 1.96. The van der Waals surface area contributed by atoms with Crippen molar-refractivity contribution in [1.82, 2.24) is 5.32 Å². The Bertz CT molecular complexity index is 469. The largest absolute Gasteiger partial charge is 0.355 e. The summed E-state index contributed by atoms with van der Waals surface area (Å²) in [4.78, 5) is 12.4. The number of halogens is 1. The zero-order valence-corrected chi connectivity index (χ0v) is 12.9. The lowest BCUT2D eigenvalue weighted by Gasteiger charge is -2.27. The summed E-state index contributed by atoms with van der Waals surface area (Å²) in [6, 6.07) is 6.30. The van der Waals surface area contributed by atoms with Gasteiger partial charge in [0.1, 0.15) is 5.82 Å². The van der Waals surface area contributed by atoms with Gasteiger partial charge in [-0.2, -0.15) is 11.8 Å². The molecule has 4 heteroatoms. The van der Waals surface area contributed by atoms with Crippen LogP contribution in [0.25, 0.3) is 0 Å². The first-order valence-electron chi connectivity index (χ1n) is 7.12. The van der Waals surface area contributed by atoms with Crippen molar-refractivity contribution in [3.8, 4) is 0 Å². The average Bonchev–Trinajstić information content (AvgIpc) is 2.45. The predicted molar refractivity (Wildman–Crippen MR) is 82.5 cm³/mol. The van der Waals surface area contributed by atoms with Gasteiger partial charge in [0.25, 0.3) is 0 Å². The van der Waals surface area contributed by atoms with Gasteiger partial charge in [0.2, 0.25) is 5.91 Å². The number of carbonyl (C=O) groups excluding carboxylic acids is 1. The van der Waals surface area contributed by atoms with E-state index in [4.69, 9.17) is 0 Å². The molecule has 0 spiro atoms. The Hall–Kier alpha value is -1.03. The molecule has 0 radical (unpaired) electrons. The van der Waals surface area contributed by atoms with E-state index >= 15 is 0 Å². The van der Waals surface area contributed by atoms with Crippen molar-refractivity contribution in [3.63, 3.8) is 0 Å². The molecular weight excluding hydrogens is 273 g/mol. The van der Waals surface area contributed by atoms with Gasteiger partial charge in [0.15, 0.2) is 0 Å². The second-order valence-electron chi connectivity index (χ2n) is 5.90. The lowest BCUT2D eigenvalue weighted by Crippen LogP contribution is -2.42. The van der Waals surface area contributed by atoms with Crippen LogP contribution < -0.4 is 5.32 Å². The van der Waals surface area contributed by atoms with Crippen molar-refractivity contribution < 1.29 is 9.18 Å². The first-order chi connectivity index (χ1) is 9.50. The molecular formula is C16H22FNOS. The molecule has 0 unspecified atom stereocenters. The first kappa shape index (κ1) is 15.4. The number of carbonyl (C=O) groups is 1. The highest BCUT2D eigenvalue weighted by molar-refractivity contribution is 7.99. The maximum Gasteiger partial charge on any atom is 0.230 e. The molecule has 1 heterocycles. The molecule has 1 N–H and O–H groups in total. The topological polar surface area (TPSA) is 29.1 Å². The Morgan fingerprint density at radius 1 is 1.40 bits per heavy atom. The fourth-order valence-corrected chi connectivity index (χ4v) is 3.62. The van der Waals surface area contributed by atoms with E-state index in [9.17, 15) is 9.18 Å². The highest BCUT2D eigenvalue weighted by Crippen LogP contribution is 2.25. The van der Waals surface area contributed by atoms with E-state index < -0.39 is 5.41 Å². The van der Waals surface area contributed by atoms with E-state index in [-0.39, 0.29) is 11.7 Å². The monoisotopic (exact) mass is 295 g/mol. The molecule has 1 fully saturated rings. The van der Waals surface area contributed by atoms with Crippen molar-refractivity contribution in [1.29, 1.82) is 0 Å². The van der Waals surface area contributed by atoms with Crippen molar-refractivity contribution >= 4 is 17.7 Å². The molecule has 0 saturated carbocycles. The molecule has 0 atom stereocenters. The number of thioether (sulfide) groups is 1. The van der Waals surface area contributed by atoms with Gasteiger partial charge in [-0.15, -0.1) is 0 Å². The molecule has 1 aromatic carbocycles. The van der Waals surface area contributed by atoms with Crippen molar-refractivity contribution in [2.45, 2.75) is 32.1 Å². The molecule has 0 bridgehead atoms. The quantitative estimate of drug-likeness (QED) is 0.923. The van der Waals surface area contributed by atoms with Crippen LogP contribution in [0.4, 0.5) is 4.39 Å². The molecule has 1 aromatic rings. The summed E-state index contributed by atoms with van der Waals surface area (Å²) in [5.74, 6) is 2.64. The third-order valence-corrected chi connectivity index (χ3v) is 5.05. The average molecular weight is 295 g/mol. The smallest absolute Gasteiger partial charge is 0.230 e. The van der Waals surface area contributed by atoms with Crippen LogP contribution in [0.5, 0.6) is 0 Å². The summed E-state index contributed by atoms with van der Waals surface area (Å²) in [6.45, 7) is 4.42. The van der Waals surface area contributed by atoms with Crippen LogP contribution in [0.2, 0.25) is 0 Å². The normalized spacial score (nSPS) is 16.9.